The molecule has 2 fully saturated rings. The predicted octanol–water partition coefficient (Wildman–Crippen LogP) is -0.179. The highest BCUT2D eigenvalue weighted by atomic mass is 16.5. The van der Waals surface area contributed by atoms with Gasteiger partial charge in [0, 0.05) is 6.04 Å². The fraction of sp³-hybridized carbons (Fsp3) is 0.778. The summed E-state index contributed by atoms with van der Waals surface area (Å²) in [4.78, 5) is 24.9. The summed E-state index contributed by atoms with van der Waals surface area (Å²) in [6.45, 7) is 0. The van der Waals surface area contributed by atoms with E-state index in [-0.39, 0.29) is 23.8 Å². The summed E-state index contributed by atoms with van der Waals surface area (Å²) in [5.74, 6) is -0.844. The first-order valence-electron chi connectivity index (χ1n) is 4.50. The Bertz CT molecular complexity index is 264. The van der Waals surface area contributed by atoms with Crippen molar-refractivity contribution in [2.75, 3.05) is 14.2 Å². The van der Waals surface area contributed by atoms with Gasteiger partial charge in [-0.1, -0.05) is 0 Å². The molecule has 2 bridgehead atoms. The molecule has 2 rings (SSSR count). The zero-order valence-corrected chi connectivity index (χ0v) is 7.82. The summed E-state index contributed by atoms with van der Waals surface area (Å²) in [6, 6.07) is 0.0547. The molecule has 0 aromatic rings. The number of nitrogens with zero attached hydrogens (tertiary/aromatic N) is 1. The van der Waals surface area contributed by atoms with Crippen LogP contribution >= 0.6 is 0 Å². The van der Waals surface area contributed by atoms with E-state index < -0.39 is 5.92 Å². The molecule has 0 radical (unpaired) electrons. The lowest BCUT2D eigenvalue weighted by atomic mass is 9.88. The minimum absolute atomic E-state index is 0.0332. The van der Waals surface area contributed by atoms with E-state index in [9.17, 15) is 9.59 Å². The van der Waals surface area contributed by atoms with E-state index in [1.165, 1.54) is 7.11 Å². The summed E-state index contributed by atoms with van der Waals surface area (Å²) in [5, 5.41) is 0. The van der Waals surface area contributed by atoms with Crippen LogP contribution in [0.5, 0.6) is 0 Å². The summed E-state index contributed by atoms with van der Waals surface area (Å²) < 4.78 is 4.62. The molecule has 0 spiro atoms. The number of fused-ring (bicyclic) bond motifs is 2. The Balaban J connectivity index is 2.23. The second-order valence-electron chi connectivity index (χ2n) is 3.73. The molecular formula is C9H13NO3. The Hall–Kier alpha value is -0.900. The molecule has 0 saturated carbocycles. The van der Waals surface area contributed by atoms with Gasteiger partial charge in [-0.05, 0) is 19.9 Å². The van der Waals surface area contributed by atoms with Crippen LogP contribution in [-0.2, 0) is 14.3 Å². The molecule has 2 aliphatic rings. The maximum atomic E-state index is 11.6. The number of likely N-dealkylation sites (N-methyl/N-ethyl adjacent to an activating group) is 1. The van der Waals surface area contributed by atoms with Crippen LogP contribution in [-0.4, -0.2) is 42.9 Å². The van der Waals surface area contributed by atoms with E-state index in [1.807, 2.05) is 11.9 Å². The van der Waals surface area contributed by atoms with Gasteiger partial charge in [-0.2, -0.15) is 0 Å². The fourth-order valence-electron chi connectivity index (χ4n) is 2.51. The van der Waals surface area contributed by atoms with Crippen molar-refractivity contribution >= 4 is 11.8 Å². The molecule has 0 aliphatic carbocycles. The van der Waals surface area contributed by atoms with Crippen molar-refractivity contribution in [2.24, 2.45) is 5.92 Å². The minimum Gasteiger partial charge on any atom is -0.468 e. The lowest BCUT2D eigenvalue weighted by Crippen LogP contribution is -2.34. The molecule has 0 N–H and O–H groups in total. The number of ketones is 1. The van der Waals surface area contributed by atoms with Gasteiger partial charge >= 0.3 is 5.97 Å². The van der Waals surface area contributed by atoms with Crippen LogP contribution in [0, 0.1) is 5.92 Å². The fourth-order valence-corrected chi connectivity index (χ4v) is 2.51. The topological polar surface area (TPSA) is 46.6 Å². The van der Waals surface area contributed by atoms with Crippen molar-refractivity contribution < 1.29 is 14.3 Å². The normalized spacial score (nSPS) is 38.3. The number of carbonyl (C=O) groups excluding carboxylic acids is 2. The third kappa shape index (κ3) is 1.01. The monoisotopic (exact) mass is 183 g/mol. The van der Waals surface area contributed by atoms with E-state index in [2.05, 4.69) is 4.74 Å². The number of methoxy groups -OCH3 is 1. The highest BCUT2D eigenvalue weighted by molar-refractivity contribution is 6.05. The van der Waals surface area contributed by atoms with Gasteiger partial charge in [-0.25, -0.2) is 0 Å². The lowest BCUT2D eigenvalue weighted by molar-refractivity contribution is -0.149. The number of Topliss-reactive ketones (excluding diaryl/α,β-unsaturated/α-hetero) is 1. The lowest BCUT2D eigenvalue weighted by Gasteiger charge is -2.17. The number of carbonyl (C=O) groups is 2. The third-order valence-electron chi connectivity index (χ3n) is 3.23. The standard InChI is InChI=1S/C9H13NO3/c1-10-5-3-4-6(10)8(11)7(5)9(12)13-2/h5-7H,3-4H2,1-2H3/t5?,6-,7?/m1/s1. The molecule has 3 atom stereocenters. The van der Waals surface area contributed by atoms with Gasteiger partial charge in [0.15, 0.2) is 5.78 Å². The van der Waals surface area contributed by atoms with Gasteiger partial charge in [-0.15, -0.1) is 0 Å². The molecule has 2 heterocycles. The quantitative estimate of drug-likeness (QED) is 0.418. The van der Waals surface area contributed by atoms with Crippen LogP contribution < -0.4 is 0 Å². The van der Waals surface area contributed by atoms with E-state index in [4.69, 9.17) is 0 Å². The highest BCUT2D eigenvalue weighted by Crippen LogP contribution is 2.38. The van der Waals surface area contributed by atoms with Crippen LogP contribution in [0.2, 0.25) is 0 Å². The second kappa shape index (κ2) is 2.80. The van der Waals surface area contributed by atoms with Crippen LogP contribution in [0.4, 0.5) is 0 Å². The maximum absolute atomic E-state index is 11.6. The van der Waals surface area contributed by atoms with Gasteiger partial charge in [-0.3, -0.25) is 14.5 Å². The largest absolute Gasteiger partial charge is 0.468 e. The van der Waals surface area contributed by atoms with E-state index >= 15 is 0 Å². The van der Waals surface area contributed by atoms with Crippen LogP contribution in [0.1, 0.15) is 12.8 Å². The molecule has 4 nitrogen and oxygen atoms in total. The van der Waals surface area contributed by atoms with E-state index in [1.54, 1.807) is 0 Å². The smallest absolute Gasteiger partial charge is 0.317 e. The van der Waals surface area contributed by atoms with Crippen molar-refractivity contribution in [3.63, 3.8) is 0 Å². The zero-order chi connectivity index (χ0) is 9.59. The molecule has 0 aromatic carbocycles. The number of rotatable bonds is 1. The predicted molar refractivity (Wildman–Crippen MR) is 45.1 cm³/mol. The number of esters is 1. The van der Waals surface area contributed by atoms with E-state index in [0.29, 0.717) is 0 Å². The van der Waals surface area contributed by atoms with Crippen LogP contribution in [0.25, 0.3) is 0 Å². The summed E-state index contributed by atoms with van der Waals surface area (Å²) in [5.41, 5.74) is 0. The average molecular weight is 183 g/mol. The Labute approximate surface area is 76.8 Å². The Morgan fingerprint density at radius 2 is 2.23 bits per heavy atom. The summed E-state index contributed by atoms with van der Waals surface area (Å²) in [6.07, 6.45) is 1.83. The molecule has 4 heteroatoms. The Morgan fingerprint density at radius 3 is 2.69 bits per heavy atom. The van der Waals surface area contributed by atoms with Crippen molar-refractivity contribution in [2.45, 2.75) is 24.9 Å². The molecule has 0 amide bonds. The van der Waals surface area contributed by atoms with Gasteiger partial charge in [0.2, 0.25) is 0 Å². The molecule has 0 aromatic heterocycles. The third-order valence-corrected chi connectivity index (χ3v) is 3.23. The van der Waals surface area contributed by atoms with E-state index in [0.717, 1.165) is 12.8 Å². The average Bonchev–Trinajstić information content (AvgIpc) is 2.58. The molecule has 13 heavy (non-hydrogen) atoms. The van der Waals surface area contributed by atoms with Gasteiger partial charge in [0.05, 0.1) is 13.2 Å². The van der Waals surface area contributed by atoms with Crippen molar-refractivity contribution in [1.82, 2.24) is 4.90 Å². The van der Waals surface area contributed by atoms with Crippen molar-refractivity contribution in [3.05, 3.63) is 0 Å². The maximum Gasteiger partial charge on any atom is 0.317 e. The number of hydrogen-bond acceptors (Lipinski definition) is 4. The molecular weight excluding hydrogens is 170 g/mol. The first-order valence-corrected chi connectivity index (χ1v) is 4.50. The van der Waals surface area contributed by atoms with Crippen LogP contribution in [0.3, 0.4) is 0 Å². The SMILES string of the molecule is COC(=O)C1C(=O)[C@H]2CCC1N2C. The second-order valence-corrected chi connectivity index (χ2v) is 3.73. The molecule has 72 valence electrons. The van der Waals surface area contributed by atoms with Crippen molar-refractivity contribution in [3.8, 4) is 0 Å². The van der Waals surface area contributed by atoms with Crippen LogP contribution in [0.15, 0.2) is 0 Å². The first-order chi connectivity index (χ1) is 6.16. The molecule has 2 unspecified atom stereocenters. The summed E-state index contributed by atoms with van der Waals surface area (Å²) in [7, 11) is 3.24. The minimum atomic E-state index is -0.520. The van der Waals surface area contributed by atoms with Gasteiger partial charge < -0.3 is 4.74 Å². The molecule has 2 aliphatic heterocycles. The van der Waals surface area contributed by atoms with Gasteiger partial charge in [0.1, 0.15) is 5.92 Å². The number of ether oxygens (including phenoxy) is 1. The molecule has 2 saturated heterocycles. The zero-order valence-electron chi connectivity index (χ0n) is 7.82. The first kappa shape index (κ1) is 8.69. The van der Waals surface area contributed by atoms with Gasteiger partial charge in [0.25, 0.3) is 0 Å². The van der Waals surface area contributed by atoms with Crippen molar-refractivity contribution in [1.29, 1.82) is 0 Å². The Morgan fingerprint density at radius 1 is 1.54 bits per heavy atom. The highest BCUT2D eigenvalue weighted by Gasteiger charge is 2.54. The summed E-state index contributed by atoms with van der Waals surface area (Å²) >= 11 is 0. The Kier molecular flexibility index (Phi) is 1.87. The number of hydrogen-bond donors (Lipinski definition) is 0.